The summed E-state index contributed by atoms with van der Waals surface area (Å²) in [5, 5.41) is 0. The van der Waals surface area contributed by atoms with Crippen molar-refractivity contribution in [2.24, 2.45) is 0 Å². The molecule has 0 atom stereocenters. The monoisotopic (exact) mass is 270 g/mol. The summed E-state index contributed by atoms with van der Waals surface area (Å²) >= 11 is 0. The van der Waals surface area contributed by atoms with Crippen LogP contribution in [0.1, 0.15) is 37.2 Å². The average Bonchev–Trinajstić information content (AvgIpc) is 3.02. The van der Waals surface area contributed by atoms with E-state index in [0.717, 1.165) is 0 Å². The molecule has 1 aromatic rings. The fourth-order valence-electron chi connectivity index (χ4n) is 2.70. The standard InChI is InChI=1S/C14H22OS2/c1-2-8-16(7-1)11-13-5-6-14(15-13)12-17-9-3-4-10-17/h5-6H,1-4,7-12H2/q+2. The van der Waals surface area contributed by atoms with Crippen molar-refractivity contribution in [3.8, 4) is 0 Å². The van der Waals surface area contributed by atoms with Crippen LogP contribution in [0, 0.1) is 0 Å². The zero-order valence-electron chi connectivity index (χ0n) is 10.5. The highest BCUT2D eigenvalue weighted by Gasteiger charge is 2.28. The van der Waals surface area contributed by atoms with Gasteiger partial charge in [0.25, 0.3) is 0 Å². The predicted molar refractivity (Wildman–Crippen MR) is 78.8 cm³/mol. The summed E-state index contributed by atoms with van der Waals surface area (Å²) in [6.07, 6.45) is 5.78. The Morgan fingerprint density at radius 1 is 0.765 bits per heavy atom. The molecule has 94 valence electrons. The molecule has 2 aliphatic heterocycles. The molecule has 0 amide bonds. The summed E-state index contributed by atoms with van der Waals surface area (Å²) in [4.78, 5) is 0. The van der Waals surface area contributed by atoms with E-state index in [1.165, 1.54) is 71.7 Å². The quantitative estimate of drug-likeness (QED) is 0.766. The zero-order valence-corrected chi connectivity index (χ0v) is 12.1. The molecule has 3 rings (SSSR count). The van der Waals surface area contributed by atoms with Crippen molar-refractivity contribution < 1.29 is 4.42 Å². The lowest BCUT2D eigenvalue weighted by Gasteiger charge is -1.99. The molecular formula is C14H22OS2+2. The van der Waals surface area contributed by atoms with Crippen LogP contribution in [-0.4, -0.2) is 23.0 Å². The van der Waals surface area contributed by atoms with Crippen LogP contribution in [0.2, 0.25) is 0 Å². The van der Waals surface area contributed by atoms with Gasteiger partial charge in [-0.05, 0) is 59.6 Å². The van der Waals surface area contributed by atoms with Crippen LogP contribution in [0.15, 0.2) is 16.5 Å². The highest BCUT2D eigenvalue weighted by atomic mass is 32.2. The second-order valence-corrected chi connectivity index (χ2v) is 9.77. The van der Waals surface area contributed by atoms with Gasteiger partial charge in [0.05, 0.1) is 0 Å². The molecular weight excluding hydrogens is 248 g/mol. The van der Waals surface area contributed by atoms with E-state index in [0.29, 0.717) is 21.8 Å². The third-order valence-electron chi connectivity index (χ3n) is 3.64. The van der Waals surface area contributed by atoms with E-state index < -0.39 is 0 Å². The lowest BCUT2D eigenvalue weighted by molar-refractivity contribution is 0.497. The van der Waals surface area contributed by atoms with Gasteiger partial charge in [-0.2, -0.15) is 0 Å². The van der Waals surface area contributed by atoms with E-state index in [4.69, 9.17) is 4.42 Å². The molecule has 1 aromatic heterocycles. The van der Waals surface area contributed by atoms with E-state index >= 15 is 0 Å². The van der Waals surface area contributed by atoms with Crippen molar-refractivity contribution in [1.29, 1.82) is 0 Å². The van der Waals surface area contributed by atoms with Gasteiger partial charge in [-0.1, -0.05) is 0 Å². The smallest absolute Gasteiger partial charge is 0.165 e. The topological polar surface area (TPSA) is 13.1 Å². The second kappa shape index (κ2) is 5.75. The summed E-state index contributed by atoms with van der Waals surface area (Å²) < 4.78 is 6.02. The fourth-order valence-corrected chi connectivity index (χ4v) is 7.25. The Kier molecular flexibility index (Phi) is 4.07. The van der Waals surface area contributed by atoms with Crippen molar-refractivity contribution in [2.75, 3.05) is 23.0 Å². The predicted octanol–water partition coefficient (Wildman–Crippen LogP) is 3.10. The van der Waals surface area contributed by atoms with Crippen LogP contribution in [-0.2, 0) is 33.3 Å². The first-order valence-electron chi connectivity index (χ1n) is 6.76. The van der Waals surface area contributed by atoms with Crippen molar-refractivity contribution >= 4 is 21.8 Å². The van der Waals surface area contributed by atoms with E-state index in [1.807, 2.05) is 0 Å². The van der Waals surface area contributed by atoms with Crippen LogP contribution >= 0.6 is 0 Å². The van der Waals surface area contributed by atoms with Gasteiger partial charge >= 0.3 is 0 Å². The molecule has 0 radical (unpaired) electrons. The number of furan rings is 1. The molecule has 0 N–H and O–H groups in total. The van der Waals surface area contributed by atoms with Gasteiger partial charge in [-0.25, -0.2) is 0 Å². The van der Waals surface area contributed by atoms with E-state index in [9.17, 15) is 0 Å². The number of hydrogen-bond acceptors (Lipinski definition) is 1. The average molecular weight is 270 g/mol. The van der Waals surface area contributed by atoms with Crippen LogP contribution in [0.3, 0.4) is 0 Å². The lowest BCUT2D eigenvalue weighted by Crippen LogP contribution is -2.06. The Bertz CT molecular complexity index is 316. The highest BCUT2D eigenvalue weighted by molar-refractivity contribution is 7.96. The molecule has 1 nitrogen and oxygen atoms in total. The zero-order chi connectivity index (χ0) is 11.5. The van der Waals surface area contributed by atoms with Gasteiger partial charge in [0.1, 0.15) is 23.0 Å². The Hall–Kier alpha value is -0.0200. The first-order valence-corrected chi connectivity index (χ1v) is 10.2. The lowest BCUT2D eigenvalue weighted by atomic mass is 10.4. The molecule has 3 heterocycles. The van der Waals surface area contributed by atoms with Crippen LogP contribution < -0.4 is 0 Å². The second-order valence-electron chi connectivity index (χ2n) is 5.11. The Morgan fingerprint density at radius 3 is 1.59 bits per heavy atom. The Labute approximate surface area is 110 Å². The minimum atomic E-state index is 0.640. The van der Waals surface area contributed by atoms with Gasteiger partial charge in [-0.15, -0.1) is 0 Å². The first-order chi connectivity index (χ1) is 8.40. The number of rotatable bonds is 4. The van der Waals surface area contributed by atoms with E-state index in [-0.39, 0.29) is 0 Å². The summed E-state index contributed by atoms with van der Waals surface area (Å²) in [6, 6.07) is 4.47. The molecule has 3 heteroatoms. The molecule has 0 aromatic carbocycles. The maximum Gasteiger partial charge on any atom is 0.165 e. The molecule has 17 heavy (non-hydrogen) atoms. The molecule has 2 fully saturated rings. The SMILES string of the molecule is c1cc(C[S+]2CCCC2)oc1C[S+]1CCCC1. The normalized spacial score (nSPS) is 22.6. The molecule has 2 aliphatic rings. The summed E-state index contributed by atoms with van der Waals surface area (Å²) in [7, 11) is 1.28. The van der Waals surface area contributed by atoms with Gasteiger partial charge < -0.3 is 4.42 Å². The Morgan fingerprint density at radius 2 is 1.18 bits per heavy atom. The molecule has 0 aliphatic carbocycles. The third kappa shape index (κ3) is 3.25. The van der Waals surface area contributed by atoms with Crippen molar-refractivity contribution in [3.05, 3.63) is 23.7 Å². The fraction of sp³-hybridized carbons (Fsp3) is 0.714. The number of hydrogen-bond donors (Lipinski definition) is 0. The summed E-state index contributed by atoms with van der Waals surface area (Å²) in [6.45, 7) is 0. The minimum Gasteiger partial charge on any atom is -0.456 e. The van der Waals surface area contributed by atoms with E-state index in [1.54, 1.807) is 0 Å². The first kappa shape index (κ1) is 12.0. The molecule has 0 bridgehead atoms. The maximum atomic E-state index is 6.02. The highest BCUT2D eigenvalue weighted by Crippen LogP contribution is 2.23. The Balaban J connectivity index is 1.54. The van der Waals surface area contributed by atoms with Gasteiger partial charge in [0.15, 0.2) is 23.0 Å². The van der Waals surface area contributed by atoms with Gasteiger partial charge in [0.2, 0.25) is 0 Å². The van der Waals surface area contributed by atoms with Gasteiger partial charge in [-0.3, -0.25) is 0 Å². The van der Waals surface area contributed by atoms with E-state index in [2.05, 4.69) is 12.1 Å². The third-order valence-corrected chi connectivity index (χ3v) is 8.49. The molecule has 0 spiro atoms. The summed E-state index contributed by atoms with van der Waals surface area (Å²) in [5.74, 6) is 10.7. The van der Waals surface area contributed by atoms with Crippen LogP contribution in [0.25, 0.3) is 0 Å². The molecule has 2 saturated heterocycles. The largest absolute Gasteiger partial charge is 0.456 e. The molecule has 0 unspecified atom stereocenters. The van der Waals surface area contributed by atoms with Crippen molar-refractivity contribution in [1.82, 2.24) is 0 Å². The van der Waals surface area contributed by atoms with Crippen molar-refractivity contribution in [2.45, 2.75) is 37.2 Å². The maximum absolute atomic E-state index is 6.02. The van der Waals surface area contributed by atoms with Crippen LogP contribution in [0.5, 0.6) is 0 Å². The van der Waals surface area contributed by atoms with Crippen molar-refractivity contribution in [3.63, 3.8) is 0 Å². The van der Waals surface area contributed by atoms with Gasteiger partial charge in [0, 0.05) is 0 Å². The van der Waals surface area contributed by atoms with Crippen LogP contribution in [0.4, 0.5) is 0 Å². The minimum absolute atomic E-state index is 0.640. The molecule has 0 saturated carbocycles. The summed E-state index contributed by atoms with van der Waals surface area (Å²) in [5.41, 5.74) is 0.